The maximum Gasteiger partial charge on any atom is 0.393 e. The van der Waals surface area contributed by atoms with Crippen LogP contribution in [0.25, 0.3) is 0 Å². The van der Waals surface area contributed by atoms with Crippen molar-refractivity contribution in [1.29, 1.82) is 0 Å². The monoisotopic (exact) mass is 273 g/mol. The van der Waals surface area contributed by atoms with Gasteiger partial charge in [0.2, 0.25) is 5.91 Å². The molecule has 0 aliphatic carbocycles. The zero-order chi connectivity index (χ0) is 13.1. The molecule has 0 aromatic rings. The smallest absolute Gasteiger partial charge is 0.384 e. The highest BCUT2D eigenvalue weighted by Gasteiger charge is 2.50. The average Bonchev–Trinajstić information content (AvgIpc) is 2.62. The molecule has 0 unspecified atom stereocenters. The van der Waals surface area contributed by atoms with Crippen LogP contribution in [0.4, 0.5) is 13.2 Å². The molecule has 0 saturated carbocycles. The van der Waals surface area contributed by atoms with Gasteiger partial charge in [-0.3, -0.25) is 4.79 Å². The first-order valence-electron chi connectivity index (χ1n) is 5.29. The fourth-order valence-corrected chi connectivity index (χ4v) is 2.23. The first-order valence-corrected chi connectivity index (χ1v) is 5.83. The van der Waals surface area contributed by atoms with Crippen molar-refractivity contribution in [3.63, 3.8) is 0 Å². The molecule has 1 heterocycles. The van der Waals surface area contributed by atoms with Gasteiger partial charge in [0.05, 0.1) is 12.5 Å². The van der Waals surface area contributed by atoms with Gasteiger partial charge in [-0.2, -0.15) is 13.2 Å². The number of halogens is 4. The largest absolute Gasteiger partial charge is 0.393 e. The predicted molar refractivity (Wildman–Crippen MR) is 56.8 cm³/mol. The van der Waals surface area contributed by atoms with E-state index in [1.807, 2.05) is 0 Å². The first kappa shape index (κ1) is 14.6. The Labute approximate surface area is 103 Å². The molecule has 100 valence electrons. The Bertz CT molecular complexity index is 273. The molecule has 1 aliphatic heterocycles. The molecule has 0 aromatic carbocycles. The van der Waals surface area contributed by atoms with Crippen molar-refractivity contribution in [2.75, 3.05) is 32.7 Å². The van der Waals surface area contributed by atoms with Gasteiger partial charge in [0, 0.05) is 38.4 Å². The number of hydrogen-bond acceptors (Lipinski definition) is 2. The summed E-state index contributed by atoms with van der Waals surface area (Å²) < 4.78 is 43.0. The highest BCUT2D eigenvalue weighted by atomic mass is 35.5. The van der Waals surface area contributed by atoms with E-state index in [0.717, 1.165) is 0 Å². The van der Waals surface area contributed by atoms with Crippen LogP contribution in [-0.4, -0.2) is 49.7 Å². The van der Waals surface area contributed by atoms with Crippen molar-refractivity contribution in [2.24, 2.45) is 11.8 Å². The van der Waals surface area contributed by atoms with Crippen molar-refractivity contribution in [3.8, 4) is 0 Å². The van der Waals surface area contributed by atoms with Crippen molar-refractivity contribution in [2.45, 2.75) is 12.6 Å². The van der Waals surface area contributed by atoms with E-state index < -0.39 is 18.0 Å². The maximum absolute atomic E-state index is 12.7. The van der Waals surface area contributed by atoms with Crippen molar-refractivity contribution < 1.29 is 22.7 Å². The molecule has 3 nitrogen and oxygen atoms in total. The third-order valence-electron chi connectivity index (χ3n) is 2.90. The van der Waals surface area contributed by atoms with Gasteiger partial charge in [-0.15, -0.1) is 11.6 Å². The summed E-state index contributed by atoms with van der Waals surface area (Å²) in [6.45, 7) is -0.185. The summed E-state index contributed by atoms with van der Waals surface area (Å²) in [4.78, 5) is 12.7. The number of methoxy groups -OCH3 is 1. The van der Waals surface area contributed by atoms with Gasteiger partial charge in [0.1, 0.15) is 0 Å². The molecular formula is C10H15ClF3NO2. The minimum Gasteiger partial charge on any atom is -0.384 e. The summed E-state index contributed by atoms with van der Waals surface area (Å²) >= 11 is 5.40. The average molecular weight is 274 g/mol. The standard InChI is InChI=1S/C10H15ClF3NO2/c1-17-6-7-4-15(9(16)2-3-11)5-8(7)10(12,13)14/h7-8H,2-6H2,1H3/t7-,8+/m1/s1. The highest BCUT2D eigenvalue weighted by molar-refractivity contribution is 6.18. The van der Waals surface area contributed by atoms with E-state index in [2.05, 4.69) is 0 Å². The maximum atomic E-state index is 12.7. The van der Waals surface area contributed by atoms with Gasteiger partial charge in [-0.05, 0) is 0 Å². The second kappa shape index (κ2) is 5.91. The zero-order valence-corrected chi connectivity index (χ0v) is 10.2. The van der Waals surface area contributed by atoms with E-state index >= 15 is 0 Å². The van der Waals surface area contributed by atoms with Crippen LogP contribution in [0.1, 0.15) is 6.42 Å². The van der Waals surface area contributed by atoms with Crippen LogP contribution < -0.4 is 0 Å². The Balaban J connectivity index is 2.68. The summed E-state index contributed by atoms with van der Waals surface area (Å²) in [7, 11) is 1.36. The molecule has 0 aromatic heterocycles. The summed E-state index contributed by atoms with van der Waals surface area (Å²) in [5.74, 6) is -2.38. The zero-order valence-electron chi connectivity index (χ0n) is 9.47. The van der Waals surface area contributed by atoms with E-state index in [4.69, 9.17) is 16.3 Å². The van der Waals surface area contributed by atoms with Gasteiger partial charge in [-0.1, -0.05) is 0 Å². The van der Waals surface area contributed by atoms with E-state index in [1.54, 1.807) is 0 Å². The Kier molecular flexibility index (Phi) is 5.06. The molecule has 7 heteroatoms. The quantitative estimate of drug-likeness (QED) is 0.732. The minimum atomic E-state index is -4.29. The van der Waals surface area contributed by atoms with E-state index in [-0.39, 0.29) is 37.9 Å². The van der Waals surface area contributed by atoms with Crippen LogP contribution in [-0.2, 0) is 9.53 Å². The number of carbonyl (C=O) groups excluding carboxylic acids is 1. The number of alkyl halides is 4. The number of ether oxygens (including phenoxy) is 1. The lowest BCUT2D eigenvalue weighted by Gasteiger charge is -2.19. The topological polar surface area (TPSA) is 29.5 Å². The van der Waals surface area contributed by atoms with Crippen molar-refractivity contribution >= 4 is 17.5 Å². The number of likely N-dealkylation sites (tertiary alicyclic amines) is 1. The van der Waals surface area contributed by atoms with Gasteiger partial charge in [-0.25, -0.2) is 0 Å². The Morgan fingerprint density at radius 2 is 2.12 bits per heavy atom. The molecule has 0 radical (unpaired) electrons. The van der Waals surface area contributed by atoms with Crippen molar-refractivity contribution in [1.82, 2.24) is 4.90 Å². The molecule has 1 rings (SSSR count). The molecule has 2 atom stereocenters. The van der Waals surface area contributed by atoms with Crippen LogP contribution in [0.15, 0.2) is 0 Å². The lowest BCUT2D eigenvalue weighted by molar-refractivity contribution is -0.183. The summed E-state index contributed by atoms with van der Waals surface area (Å²) in [5.41, 5.74) is 0. The lowest BCUT2D eigenvalue weighted by Crippen LogP contribution is -2.33. The van der Waals surface area contributed by atoms with E-state index in [9.17, 15) is 18.0 Å². The Hall–Kier alpha value is -0.490. The number of hydrogen-bond donors (Lipinski definition) is 0. The van der Waals surface area contributed by atoms with Gasteiger partial charge < -0.3 is 9.64 Å². The Morgan fingerprint density at radius 3 is 2.59 bits per heavy atom. The Morgan fingerprint density at radius 1 is 1.47 bits per heavy atom. The molecular weight excluding hydrogens is 259 g/mol. The van der Waals surface area contributed by atoms with Crippen molar-refractivity contribution in [3.05, 3.63) is 0 Å². The van der Waals surface area contributed by atoms with Crippen LogP contribution in [0, 0.1) is 11.8 Å². The van der Waals surface area contributed by atoms with Crippen LogP contribution in [0.3, 0.4) is 0 Å². The molecule has 1 saturated heterocycles. The summed E-state index contributed by atoms with van der Waals surface area (Å²) in [6, 6.07) is 0. The fraction of sp³-hybridized carbons (Fsp3) is 0.900. The number of carbonyl (C=O) groups is 1. The molecule has 1 aliphatic rings. The minimum absolute atomic E-state index is 0.00876. The third-order valence-corrected chi connectivity index (χ3v) is 3.09. The molecule has 1 amide bonds. The van der Waals surface area contributed by atoms with Gasteiger partial charge in [0.15, 0.2) is 0 Å². The number of amides is 1. The first-order chi connectivity index (χ1) is 7.90. The van der Waals surface area contributed by atoms with Crippen LogP contribution >= 0.6 is 11.6 Å². The van der Waals surface area contributed by atoms with E-state index in [1.165, 1.54) is 12.0 Å². The second-order valence-electron chi connectivity index (χ2n) is 4.10. The van der Waals surface area contributed by atoms with Gasteiger partial charge >= 0.3 is 6.18 Å². The molecule has 0 N–H and O–H groups in total. The van der Waals surface area contributed by atoms with E-state index in [0.29, 0.717) is 0 Å². The normalized spacial score (nSPS) is 25.4. The SMILES string of the molecule is COC[C@H]1CN(C(=O)CCCl)C[C@@H]1C(F)(F)F. The molecule has 1 fully saturated rings. The summed E-state index contributed by atoms with van der Waals surface area (Å²) in [6.07, 6.45) is -4.22. The molecule has 17 heavy (non-hydrogen) atoms. The molecule has 0 spiro atoms. The predicted octanol–water partition coefficient (Wildman–Crippen LogP) is 1.90. The summed E-state index contributed by atoms with van der Waals surface area (Å²) in [5, 5.41) is 0. The highest BCUT2D eigenvalue weighted by Crippen LogP contribution is 2.37. The van der Waals surface area contributed by atoms with Gasteiger partial charge in [0.25, 0.3) is 0 Å². The lowest BCUT2D eigenvalue weighted by atomic mass is 9.96. The molecule has 0 bridgehead atoms. The second-order valence-corrected chi connectivity index (χ2v) is 4.48. The third kappa shape index (κ3) is 3.74. The van der Waals surface area contributed by atoms with Crippen LogP contribution in [0.5, 0.6) is 0 Å². The number of nitrogens with zero attached hydrogens (tertiary/aromatic N) is 1. The number of rotatable bonds is 4. The fourth-order valence-electron chi connectivity index (χ4n) is 2.07. The van der Waals surface area contributed by atoms with Crippen LogP contribution in [0.2, 0.25) is 0 Å².